The minimum Gasteiger partial charge on any atom is -0.372 e. The summed E-state index contributed by atoms with van der Waals surface area (Å²) >= 11 is 1.56. The van der Waals surface area contributed by atoms with E-state index in [9.17, 15) is 4.79 Å². The molecular formula is C23H30N6OS. The molecule has 1 saturated heterocycles. The van der Waals surface area contributed by atoms with Crippen molar-refractivity contribution in [2.45, 2.75) is 33.6 Å². The molecule has 3 aromatic rings. The summed E-state index contributed by atoms with van der Waals surface area (Å²) in [5.41, 5.74) is 3.17. The predicted molar refractivity (Wildman–Crippen MR) is 128 cm³/mol. The fourth-order valence-electron chi connectivity index (χ4n) is 4.08. The molecule has 1 aliphatic heterocycles. The molecule has 1 N–H and O–H groups in total. The maximum Gasteiger partial charge on any atom is 0.229 e. The van der Waals surface area contributed by atoms with E-state index in [-0.39, 0.29) is 11.8 Å². The maximum atomic E-state index is 13.0. The molecule has 0 unspecified atom stereocenters. The molecule has 3 heterocycles. The number of hydrogen-bond acceptors (Lipinski definition) is 6. The van der Waals surface area contributed by atoms with Crippen LogP contribution in [0.3, 0.4) is 0 Å². The van der Waals surface area contributed by atoms with Crippen LogP contribution in [0.25, 0.3) is 5.13 Å². The van der Waals surface area contributed by atoms with E-state index in [1.54, 1.807) is 11.3 Å². The van der Waals surface area contributed by atoms with Crippen molar-refractivity contribution in [3.05, 3.63) is 48.3 Å². The zero-order valence-electron chi connectivity index (χ0n) is 18.4. The van der Waals surface area contributed by atoms with Crippen LogP contribution in [0.5, 0.6) is 0 Å². The smallest absolute Gasteiger partial charge is 0.229 e. The van der Waals surface area contributed by atoms with E-state index in [4.69, 9.17) is 0 Å². The van der Waals surface area contributed by atoms with E-state index in [1.165, 1.54) is 5.69 Å². The predicted octanol–water partition coefficient (Wildman–Crippen LogP) is 4.34. The van der Waals surface area contributed by atoms with E-state index in [1.807, 2.05) is 35.2 Å². The van der Waals surface area contributed by atoms with Crippen molar-refractivity contribution in [2.24, 2.45) is 5.92 Å². The number of carbonyl (C=O) groups excluding carboxylic acids is 1. The highest BCUT2D eigenvalue weighted by Crippen LogP contribution is 2.29. The summed E-state index contributed by atoms with van der Waals surface area (Å²) in [4.78, 5) is 17.5. The van der Waals surface area contributed by atoms with Gasteiger partial charge < -0.3 is 15.1 Å². The van der Waals surface area contributed by atoms with Gasteiger partial charge in [0, 0.05) is 49.9 Å². The zero-order valence-corrected chi connectivity index (χ0v) is 19.2. The number of aromatic nitrogens is 3. The first-order valence-electron chi connectivity index (χ1n) is 11.0. The molecule has 2 aromatic heterocycles. The van der Waals surface area contributed by atoms with Gasteiger partial charge in [0.05, 0.1) is 5.92 Å². The first-order chi connectivity index (χ1) is 15.1. The third-order valence-electron chi connectivity index (χ3n) is 5.89. The van der Waals surface area contributed by atoms with Crippen molar-refractivity contribution in [3.8, 4) is 5.13 Å². The first-order valence-corrected chi connectivity index (χ1v) is 11.8. The van der Waals surface area contributed by atoms with Crippen molar-refractivity contribution in [1.82, 2.24) is 14.8 Å². The van der Waals surface area contributed by atoms with Gasteiger partial charge in [-0.05, 0) is 69.5 Å². The number of amides is 1. The van der Waals surface area contributed by atoms with Crippen molar-refractivity contribution in [1.29, 1.82) is 0 Å². The molecule has 1 aliphatic rings. The molecule has 1 atom stereocenters. The van der Waals surface area contributed by atoms with E-state index >= 15 is 0 Å². The number of anilines is 3. The Kier molecular flexibility index (Phi) is 6.56. The SMILES string of the molecule is CCN(CC)c1ccc(NC(=O)[C@H]2CCCN(c3nnc(-n4cccc4)s3)C2)c(C)c1. The van der Waals surface area contributed by atoms with E-state index in [2.05, 4.69) is 58.2 Å². The zero-order chi connectivity index (χ0) is 21.8. The van der Waals surface area contributed by atoms with Gasteiger partial charge in [-0.15, -0.1) is 10.2 Å². The second kappa shape index (κ2) is 9.51. The average Bonchev–Trinajstić information content (AvgIpc) is 3.48. The fraction of sp³-hybridized carbons (Fsp3) is 0.435. The van der Waals surface area contributed by atoms with Gasteiger partial charge in [0.15, 0.2) is 0 Å². The van der Waals surface area contributed by atoms with E-state index in [0.717, 1.165) is 54.0 Å². The van der Waals surface area contributed by atoms with Crippen LogP contribution < -0.4 is 15.1 Å². The molecule has 1 aromatic carbocycles. The number of benzene rings is 1. The summed E-state index contributed by atoms with van der Waals surface area (Å²) in [6, 6.07) is 10.2. The second-order valence-electron chi connectivity index (χ2n) is 7.90. The number of piperidine rings is 1. The summed E-state index contributed by atoms with van der Waals surface area (Å²) in [5, 5.41) is 13.6. The molecule has 0 radical (unpaired) electrons. The van der Waals surface area contributed by atoms with Crippen molar-refractivity contribution in [2.75, 3.05) is 41.3 Å². The number of aryl methyl sites for hydroxylation is 1. The van der Waals surface area contributed by atoms with Crippen molar-refractivity contribution in [3.63, 3.8) is 0 Å². The first kappa shape index (κ1) is 21.4. The third kappa shape index (κ3) is 4.74. The lowest BCUT2D eigenvalue weighted by Gasteiger charge is -2.31. The van der Waals surface area contributed by atoms with Gasteiger partial charge in [-0.3, -0.25) is 9.36 Å². The molecule has 0 bridgehead atoms. The summed E-state index contributed by atoms with van der Waals surface area (Å²) < 4.78 is 1.96. The van der Waals surface area contributed by atoms with Crippen molar-refractivity contribution < 1.29 is 4.79 Å². The molecule has 31 heavy (non-hydrogen) atoms. The third-order valence-corrected chi connectivity index (χ3v) is 6.89. The Morgan fingerprint density at radius 2 is 1.94 bits per heavy atom. The van der Waals surface area contributed by atoms with Crippen LogP contribution in [0.15, 0.2) is 42.7 Å². The molecule has 164 valence electrons. The Morgan fingerprint density at radius 1 is 1.19 bits per heavy atom. The highest BCUT2D eigenvalue weighted by atomic mass is 32.1. The highest BCUT2D eigenvalue weighted by molar-refractivity contribution is 7.17. The number of hydrogen-bond donors (Lipinski definition) is 1. The molecule has 8 heteroatoms. The molecular weight excluding hydrogens is 408 g/mol. The van der Waals surface area contributed by atoms with Crippen molar-refractivity contribution >= 4 is 33.8 Å². The van der Waals surface area contributed by atoms with Gasteiger partial charge >= 0.3 is 0 Å². The van der Waals surface area contributed by atoms with Crippen LogP contribution in [0.2, 0.25) is 0 Å². The van der Waals surface area contributed by atoms with Gasteiger partial charge in [0.2, 0.25) is 16.2 Å². The van der Waals surface area contributed by atoms with Crippen LogP contribution >= 0.6 is 11.3 Å². The Hall–Kier alpha value is -2.87. The lowest BCUT2D eigenvalue weighted by Crippen LogP contribution is -2.40. The van der Waals surface area contributed by atoms with Crippen LogP contribution in [0, 0.1) is 12.8 Å². The number of nitrogens with zero attached hydrogens (tertiary/aromatic N) is 5. The van der Waals surface area contributed by atoms with Crippen LogP contribution in [-0.4, -0.2) is 46.9 Å². The van der Waals surface area contributed by atoms with Gasteiger partial charge in [-0.25, -0.2) is 0 Å². The second-order valence-corrected chi connectivity index (χ2v) is 8.84. The Bertz CT molecular complexity index is 1010. The molecule has 7 nitrogen and oxygen atoms in total. The molecule has 0 aliphatic carbocycles. The Morgan fingerprint density at radius 3 is 2.65 bits per heavy atom. The monoisotopic (exact) mass is 438 g/mol. The van der Waals surface area contributed by atoms with E-state index in [0.29, 0.717) is 6.54 Å². The molecule has 0 spiro atoms. The van der Waals surface area contributed by atoms with Crippen LogP contribution in [0.4, 0.5) is 16.5 Å². The topological polar surface area (TPSA) is 66.3 Å². The lowest BCUT2D eigenvalue weighted by atomic mass is 9.97. The number of carbonyl (C=O) groups is 1. The largest absolute Gasteiger partial charge is 0.372 e. The summed E-state index contributed by atoms with van der Waals surface area (Å²) in [6.45, 7) is 9.88. The quantitative estimate of drug-likeness (QED) is 0.594. The van der Waals surface area contributed by atoms with Gasteiger partial charge in [-0.2, -0.15) is 0 Å². The summed E-state index contributed by atoms with van der Waals surface area (Å²) in [6.07, 6.45) is 5.79. The number of rotatable bonds is 7. The lowest BCUT2D eigenvalue weighted by molar-refractivity contribution is -0.120. The van der Waals surface area contributed by atoms with Crippen LogP contribution in [-0.2, 0) is 4.79 Å². The molecule has 4 rings (SSSR count). The minimum atomic E-state index is -0.0606. The summed E-state index contributed by atoms with van der Waals surface area (Å²) in [5.74, 6) is 0.0214. The van der Waals surface area contributed by atoms with Gasteiger partial charge in [0.1, 0.15) is 0 Å². The normalized spacial score (nSPS) is 16.4. The molecule has 1 fully saturated rings. The fourth-order valence-corrected chi connectivity index (χ4v) is 4.92. The Balaban J connectivity index is 1.41. The molecule has 0 saturated carbocycles. The Labute approximate surface area is 187 Å². The van der Waals surface area contributed by atoms with Gasteiger partial charge in [-0.1, -0.05) is 11.3 Å². The number of nitrogens with one attached hydrogen (secondary N) is 1. The highest BCUT2D eigenvalue weighted by Gasteiger charge is 2.28. The van der Waals surface area contributed by atoms with Gasteiger partial charge in [0.25, 0.3) is 0 Å². The van der Waals surface area contributed by atoms with Crippen LogP contribution in [0.1, 0.15) is 32.3 Å². The van der Waals surface area contributed by atoms with E-state index < -0.39 is 0 Å². The maximum absolute atomic E-state index is 13.0. The minimum absolute atomic E-state index is 0.0606. The summed E-state index contributed by atoms with van der Waals surface area (Å²) in [7, 11) is 0. The molecule has 1 amide bonds. The average molecular weight is 439 g/mol. The standard InChI is InChI=1S/C23H30N6OS/c1-4-27(5-2)19-10-11-20(17(3)15-19)24-21(30)18-9-8-14-29(16-18)23-26-25-22(31-23)28-12-6-7-13-28/h6-7,10-13,15,18H,4-5,8-9,14,16H2,1-3H3,(H,24,30)/t18-/m0/s1.